The van der Waals surface area contributed by atoms with Gasteiger partial charge in [-0.25, -0.2) is 4.39 Å². The maximum absolute atomic E-state index is 13.6. The summed E-state index contributed by atoms with van der Waals surface area (Å²) in [4.78, 5) is 12.1. The van der Waals surface area contributed by atoms with Crippen LogP contribution in [-0.2, 0) is 0 Å². The molecule has 1 amide bonds. The maximum Gasteiger partial charge on any atom is 0.254 e. The second-order valence-electron chi connectivity index (χ2n) is 4.89. The molecule has 0 spiro atoms. The fraction of sp³-hybridized carbons (Fsp3) is 0.462. The van der Waals surface area contributed by atoms with Crippen LogP contribution in [-0.4, -0.2) is 24.5 Å². The fourth-order valence-electron chi connectivity index (χ4n) is 2.12. The molecule has 1 aliphatic rings. The van der Waals surface area contributed by atoms with Crippen molar-refractivity contribution in [3.05, 3.63) is 34.1 Å². The number of hydrogen-bond donors (Lipinski definition) is 2. The molecule has 1 aromatic rings. The van der Waals surface area contributed by atoms with Crippen LogP contribution in [0.3, 0.4) is 0 Å². The Morgan fingerprint density at radius 1 is 1.44 bits per heavy atom. The highest BCUT2D eigenvalue weighted by molar-refractivity contribution is 9.10. The molecule has 2 N–H and O–H groups in total. The molecule has 0 radical (unpaired) electrons. The normalized spacial score (nSPS) is 18.4. The van der Waals surface area contributed by atoms with Crippen LogP contribution in [0.1, 0.15) is 30.1 Å². The summed E-state index contributed by atoms with van der Waals surface area (Å²) in [6, 6.07) is 4.39. The number of nitrogens with one attached hydrogen (secondary N) is 2. The highest BCUT2D eigenvalue weighted by Crippen LogP contribution is 2.20. The third-order valence-corrected chi connectivity index (χ3v) is 3.79. The zero-order chi connectivity index (χ0) is 13.2. The van der Waals surface area contributed by atoms with Crippen molar-refractivity contribution in [2.75, 3.05) is 13.1 Å². The van der Waals surface area contributed by atoms with Gasteiger partial charge in [0.1, 0.15) is 5.82 Å². The van der Waals surface area contributed by atoms with Crippen LogP contribution in [0.5, 0.6) is 0 Å². The van der Waals surface area contributed by atoms with Crippen LogP contribution >= 0.6 is 15.9 Å². The van der Waals surface area contributed by atoms with Crippen LogP contribution in [0, 0.1) is 5.82 Å². The monoisotopic (exact) mass is 314 g/mol. The summed E-state index contributed by atoms with van der Waals surface area (Å²) in [5, 5.41) is 6.18. The van der Waals surface area contributed by atoms with E-state index in [0.717, 1.165) is 25.9 Å². The molecule has 18 heavy (non-hydrogen) atoms. The lowest BCUT2D eigenvalue weighted by molar-refractivity contribution is 0.0883. The van der Waals surface area contributed by atoms with E-state index in [1.165, 1.54) is 12.1 Å². The van der Waals surface area contributed by atoms with Crippen molar-refractivity contribution in [1.82, 2.24) is 10.6 Å². The molecule has 0 saturated carbocycles. The molecule has 1 heterocycles. The van der Waals surface area contributed by atoms with Crippen molar-refractivity contribution in [1.29, 1.82) is 0 Å². The topological polar surface area (TPSA) is 41.1 Å². The van der Waals surface area contributed by atoms with Gasteiger partial charge in [0.2, 0.25) is 0 Å². The van der Waals surface area contributed by atoms with E-state index in [4.69, 9.17) is 0 Å². The Balaban J connectivity index is 2.14. The number of hydrogen-bond acceptors (Lipinski definition) is 2. The summed E-state index contributed by atoms with van der Waals surface area (Å²) < 4.78 is 14.3. The van der Waals surface area contributed by atoms with Gasteiger partial charge < -0.3 is 10.6 Å². The Labute approximate surface area is 114 Å². The lowest BCUT2D eigenvalue weighted by Gasteiger charge is -2.35. The van der Waals surface area contributed by atoms with Gasteiger partial charge in [-0.15, -0.1) is 0 Å². The highest BCUT2D eigenvalue weighted by Gasteiger charge is 2.29. The van der Waals surface area contributed by atoms with E-state index in [0.29, 0.717) is 4.47 Å². The molecule has 1 aliphatic heterocycles. The molecule has 0 bridgehead atoms. The van der Waals surface area contributed by atoms with E-state index in [9.17, 15) is 9.18 Å². The summed E-state index contributed by atoms with van der Waals surface area (Å²) in [5.41, 5.74) is -0.166. The first-order valence-electron chi connectivity index (χ1n) is 5.98. The number of amides is 1. The second-order valence-corrected chi connectivity index (χ2v) is 5.80. The van der Waals surface area contributed by atoms with Gasteiger partial charge in [-0.3, -0.25) is 4.79 Å². The second kappa shape index (κ2) is 5.36. The zero-order valence-corrected chi connectivity index (χ0v) is 11.8. The molecule has 0 unspecified atom stereocenters. The molecule has 1 saturated heterocycles. The Kier molecular flexibility index (Phi) is 4.02. The predicted molar refractivity (Wildman–Crippen MR) is 72.1 cm³/mol. The van der Waals surface area contributed by atoms with Gasteiger partial charge in [-0.05, 0) is 51.1 Å². The summed E-state index contributed by atoms with van der Waals surface area (Å²) in [6.45, 7) is 3.75. The van der Waals surface area contributed by atoms with Crippen molar-refractivity contribution in [2.24, 2.45) is 0 Å². The van der Waals surface area contributed by atoms with Gasteiger partial charge in [0, 0.05) is 10.0 Å². The van der Waals surface area contributed by atoms with Crippen molar-refractivity contribution >= 4 is 21.8 Å². The molecule has 2 rings (SSSR count). The summed E-state index contributed by atoms with van der Waals surface area (Å²) in [5.74, 6) is -0.841. The minimum atomic E-state index is -0.492. The third-order valence-electron chi connectivity index (χ3n) is 3.30. The Hall–Kier alpha value is -0.940. The average molecular weight is 315 g/mol. The minimum absolute atomic E-state index is 0.0872. The van der Waals surface area contributed by atoms with Crippen molar-refractivity contribution in [3.8, 4) is 0 Å². The molecule has 1 aromatic carbocycles. The average Bonchev–Trinajstić information content (AvgIpc) is 2.32. The van der Waals surface area contributed by atoms with E-state index in [1.807, 2.05) is 6.92 Å². The van der Waals surface area contributed by atoms with E-state index in [1.54, 1.807) is 6.07 Å². The van der Waals surface area contributed by atoms with Crippen LogP contribution < -0.4 is 10.6 Å². The van der Waals surface area contributed by atoms with Crippen LogP contribution in [0.15, 0.2) is 22.7 Å². The van der Waals surface area contributed by atoms with Gasteiger partial charge in [-0.2, -0.15) is 0 Å². The Morgan fingerprint density at radius 2 is 2.11 bits per heavy atom. The zero-order valence-electron chi connectivity index (χ0n) is 10.2. The quantitative estimate of drug-likeness (QED) is 0.880. The maximum atomic E-state index is 13.6. The molecular weight excluding hydrogens is 299 g/mol. The largest absolute Gasteiger partial charge is 0.347 e. The molecular formula is C13H16BrFN2O. The summed E-state index contributed by atoms with van der Waals surface area (Å²) in [6.07, 6.45) is 1.71. The van der Waals surface area contributed by atoms with Gasteiger partial charge in [-0.1, -0.05) is 15.9 Å². The molecule has 1 fully saturated rings. The SMILES string of the molecule is CC1(NC(=O)c2cc(Br)ccc2F)CCNCC1. The van der Waals surface area contributed by atoms with Crippen LogP contribution in [0.25, 0.3) is 0 Å². The van der Waals surface area contributed by atoms with Crippen molar-refractivity contribution in [2.45, 2.75) is 25.3 Å². The standard InChI is InChI=1S/C13H16BrFN2O/c1-13(4-6-16-7-5-13)17-12(18)10-8-9(14)2-3-11(10)15/h2-3,8,16H,4-7H2,1H3,(H,17,18). The number of piperidine rings is 1. The molecule has 0 aliphatic carbocycles. The number of halogens is 2. The number of carbonyl (C=O) groups excluding carboxylic acids is 1. The van der Waals surface area contributed by atoms with Gasteiger partial charge in [0.15, 0.2) is 0 Å². The first kappa shape index (κ1) is 13.5. The fourth-order valence-corrected chi connectivity index (χ4v) is 2.48. The number of rotatable bonds is 2. The lowest BCUT2D eigenvalue weighted by atomic mass is 9.90. The summed E-state index contributed by atoms with van der Waals surface area (Å²) >= 11 is 3.25. The highest BCUT2D eigenvalue weighted by atomic mass is 79.9. The number of carbonyl (C=O) groups is 1. The predicted octanol–water partition coefficient (Wildman–Crippen LogP) is 2.46. The van der Waals surface area contributed by atoms with E-state index in [-0.39, 0.29) is 17.0 Å². The van der Waals surface area contributed by atoms with Crippen LogP contribution in [0.4, 0.5) is 4.39 Å². The van der Waals surface area contributed by atoms with Gasteiger partial charge in [0.25, 0.3) is 5.91 Å². The molecule has 98 valence electrons. The van der Waals surface area contributed by atoms with Crippen LogP contribution in [0.2, 0.25) is 0 Å². The van der Waals surface area contributed by atoms with E-state index < -0.39 is 5.82 Å². The first-order chi connectivity index (χ1) is 8.50. The van der Waals surface area contributed by atoms with Crippen molar-refractivity contribution in [3.63, 3.8) is 0 Å². The Morgan fingerprint density at radius 3 is 2.78 bits per heavy atom. The first-order valence-corrected chi connectivity index (χ1v) is 6.78. The summed E-state index contributed by atoms with van der Waals surface area (Å²) in [7, 11) is 0. The number of benzene rings is 1. The lowest BCUT2D eigenvalue weighted by Crippen LogP contribution is -2.52. The Bertz CT molecular complexity index is 458. The molecule has 0 atom stereocenters. The smallest absolute Gasteiger partial charge is 0.254 e. The molecule has 5 heteroatoms. The molecule has 0 aromatic heterocycles. The van der Waals surface area contributed by atoms with Crippen molar-refractivity contribution < 1.29 is 9.18 Å². The van der Waals surface area contributed by atoms with E-state index >= 15 is 0 Å². The minimum Gasteiger partial charge on any atom is -0.347 e. The van der Waals surface area contributed by atoms with Gasteiger partial charge >= 0.3 is 0 Å². The van der Waals surface area contributed by atoms with Gasteiger partial charge in [0.05, 0.1) is 5.56 Å². The third kappa shape index (κ3) is 3.09. The molecule has 3 nitrogen and oxygen atoms in total. The van der Waals surface area contributed by atoms with E-state index in [2.05, 4.69) is 26.6 Å².